The molecule has 2 amide bonds. The summed E-state index contributed by atoms with van der Waals surface area (Å²) >= 11 is 0. The number of hydrogen-bond acceptors (Lipinski definition) is 2. The minimum absolute atomic E-state index is 0.0104. The molecule has 0 aromatic heterocycles. The molecule has 3 rings (SSSR count). The number of fused-ring (bicyclic) bond motifs is 1. The van der Waals surface area contributed by atoms with E-state index < -0.39 is 0 Å². The lowest BCUT2D eigenvalue weighted by Gasteiger charge is -2.26. The molecule has 154 valence electrons. The summed E-state index contributed by atoms with van der Waals surface area (Å²) in [6.45, 7) is 6.24. The van der Waals surface area contributed by atoms with E-state index in [1.54, 1.807) is 0 Å². The van der Waals surface area contributed by atoms with Gasteiger partial charge in [0.1, 0.15) is 0 Å². The van der Waals surface area contributed by atoms with Crippen LogP contribution in [0.25, 0.3) is 0 Å². The fourth-order valence-electron chi connectivity index (χ4n) is 4.03. The Morgan fingerprint density at radius 1 is 0.966 bits per heavy atom. The van der Waals surface area contributed by atoms with Crippen molar-refractivity contribution in [3.05, 3.63) is 65.2 Å². The van der Waals surface area contributed by atoms with Gasteiger partial charge in [-0.1, -0.05) is 57.2 Å². The average Bonchev–Trinajstić information content (AvgIpc) is 2.68. The molecule has 0 saturated carbocycles. The van der Waals surface area contributed by atoms with Gasteiger partial charge < -0.3 is 10.6 Å². The zero-order valence-electron chi connectivity index (χ0n) is 17.7. The Bertz CT molecular complexity index is 842. The third-order valence-electron chi connectivity index (χ3n) is 5.63. The van der Waals surface area contributed by atoms with Crippen LogP contribution in [0.4, 0.5) is 5.69 Å². The number of aryl methyl sites for hydroxylation is 1. The zero-order valence-corrected chi connectivity index (χ0v) is 17.7. The van der Waals surface area contributed by atoms with E-state index in [4.69, 9.17) is 0 Å². The van der Waals surface area contributed by atoms with E-state index in [0.717, 1.165) is 24.9 Å². The van der Waals surface area contributed by atoms with Crippen molar-refractivity contribution in [3.8, 4) is 0 Å². The molecule has 0 unspecified atom stereocenters. The van der Waals surface area contributed by atoms with Gasteiger partial charge in [-0.05, 0) is 59.9 Å². The molecule has 4 heteroatoms. The van der Waals surface area contributed by atoms with Crippen LogP contribution in [-0.4, -0.2) is 11.8 Å². The van der Waals surface area contributed by atoms with Crippen LogP contribution in [-0.2, 0) is 16.0 Å². The maximum atomic E-state index is 12.5. The predicted octanol–water partition coefficient (Wildman–Crippen LogP) is 5.36. The van der Waals surface area contributed by atoms with Crippen LogP contribution < -0.4 is 10.6 Å². The van der Waals surface area contributed by atoms with E-state index in [2.05, 4.69) is 42.7 Å². The van der Waals surface area contributed by atoms with Gasteiger partial charge in [0.2, 0.25) is 11.8 Å². The Morgan fingerprint density at radius 3 is 2.38 bits per heavy atom. The van der Waals surface area contributed by atoms with Gasteiger partial charge in [-0.25, -0.2) is 0 Å². The number of amides is 2. The lowest BCUT2D eigenvalue weighted by molar-refractivity contribution is -0.123. The molecule has 1 aliphatic rings. The lowest BCUT2D eigenvalue weighted by atomic mass is 9.87. The number of anilines is 1. The molecular formula is C25H32N2O2. The second-order valence-corrected chi connectivity index (χ2v) is 8.55. The summed E-state index contributed by atoms with van der Waals surface area (Å²) in [5.41, 5.74) is 4.62. The number of benzene rings is 2. The Morgan fingerprint density at radius 2 is 1.66 bits per heavy atom. The zero-order chi connectivity index (χ0) is 20.8. The number of rotatable bonds is 7. The van der Waals surface area contributed by atoms with Crippen LogP contribution in [0, 0.1) is 5.92 Å². The molecular weight excluding hydrogens is 360 g/mol. The molecule has 0 fully saturated rings. The SMILES string of the molecule is CC(C)c1ccc(NC(=O)C[C@@H](C)CC(=O)N[C@@H]2CCCc3ccccc32)cc1. The highest BCUT2D eigenvalue weighted by molar-refractivity contribution is 5.91. The first-order valence-electron chi connectivity index (χ1n) is 10.7. The first-order valence-corrected chi connectivity index (χ1v) is 10.7. The summed E-state index contributed by atoms with van der Waals surface area (Å²) in [5, 5.41) is 6.11. The highest BCUT2D eigenvalue weighted by atomic mass is 16.2. The van der Waals surface area contributed by atoms with Crippen molar-refractivity contribution < 1.29 is 9.59 Å². The number of carbonyl (C=O) groups is 2. The van der Waals surface area contributed by atoms with Crippen LogP contribution in [0.15, 0.2) is 48.5 Å². The fourth-order valence-corrected chi connectivity index (χ4v) is 4.03. The maximum Gasteiger partial charge on any atom is 0.224 e. The van der Waals surface area contributed by atoms with Crippen molar-refractivity contribution in [3.63, 3.8) is 0 Å². The van der Waals surface area contributed by atoms with E-state index >= 15 is 0 Å². The van der Waals surface area contributed by atoms with Crippen molar-refractivity contribution in [1.29, 1.82) is 0 Å². The Kier molecular flexibility index (Phi) is 7.08. The molecule has 0 spiro atoms. The van der Waals surface area contributed by atoms with Gasteiger partial charge in [-0.3, -0.25) is 9.59 Å². The molecule has 0 bridgehead atoms. The second kappa shape index (κ2) is 9.73. The largest absolute Gasteiger partial charge is 0.349 e. The fraction of sp³-hybridized carbons (Fsp3) is 0.440. The van der Waals surface area contributed by atoms with E-state index in [1.807, 2.05) is 37.3 Å². The number of carbonyl (C=O) groups excluding carboxylic acids is 2. The summed E-state index contributed by atoms with van der Waals surface area (Å²) in [4.78, 5) is 24.9. The van der Waals surface area contributed by atoms with Crippen molar-refractivity contribution >= 4 is 17.5 Å². The van der Waals surface area contributed by atoms with E-state index in [0.29, 0.717) is 18.8 Å². The van der Waals surface area contributed by atoms with Crippen LogP contribution in [0.5, 0.6) is 0 Å². The molecule has 2 N–H and O–H groups in total. The van der Waals surface area contributed by atoms with Crippen molar-refractivity contribution in [2.45, 2.75) is 64.8 Å². The number of hydrogen-bond donors (Lipinski definition) is 2. The van der Waals surface area contributed by atoms with Crippen LogP contribution >= 0.6 is 0 Å². The van der Waals surface area contributed by atoms with Crippen LogP contribution in [0.3, 0.4) is 0 Å². The summed E-state index contributed by atoms with van der Waals surface area (Å²) in [6, 6.07) is 16.4. The lowest BCUT2D eigenvalue weighted by Crippen LogP contribution is -2.32. The minimum atomic E-state index is -0.0504. The number of nitrogens with one attached hydrogen (secondary N) is 2. The first kappa shape index (κ1) is 21.1. The van der Waals surface area contributed by atoms with Crippen molar-refractivity contribution in [1.82, 2.24) is 5.32 Å². The van der Waals surface area contributed by atoms with Gasteiger partial charge in [-0.15, -0.1) is 0 Å². The molecule has 0 saturated heterocycles. The van der Waals surface area contributed by atoms with Crippen molar-refractivity contribution in [2.24, 2.45) is 5.92 Å². The molecule has 1 aliphatic carbocycles. The third kappa shape index (κ3) is 5.93. The molecule has 0 radical (unpaired) electrons. The second-order valence-electron chi connectivity index (χ2n) is 8.55. The Labute approximate surface area is 174 Å². The molecule has 2 aromatic carbocycles. The monoisotopic (exact) mass is 392 g/mol. The molecule has 2 atom stereocenters. The van der Waals surface area contributed by atoms with E-state index in [-0.39, 0.29) is 23.8 Å². The van der Waals surface area contributed by atoms with Crippen LogP contribution in [0.1, 0.15) is 75.1 Å². The maximum absolute atomic E-state index is 12.5. The Hall–Kier alpha value is -2.62. The van der Waals surface area contributed by atoms with Gasteiger partial charge in [-0.2, -0.15) is 0 Å². The van der Waals surface area contributed by atoms with Gasteiger partial charge in [0.25, 0.3) is 0 Å². The highest BCUT2D eigenvalue weighted by Gasteiger charge is 2.22. The summed E-state index contributed by atoms with van der Waals surface area (Å²) in [5.74, 6) is 0.428. The normalized spacial score (nSPS) is 16.8. The molecule has 4 nitrogen and oxygen atoms in total. The molecule has 0 aliphatic heterocycles. The van der Waals surface area contributed by atoms with E-state index in [9.17, 15) is 9.59 Å². The first-order chi connectivity index (χ1) is 13.9. The molecule has 0 heterocycles. The van der Waals surface area contributed by atoms with Gasteiger partial charge in [0.05, 0.1) is 6.04 Å². The van der Waals surface area contributed by atoms with E-state index in [1.165, 1.54) is 16.7 Å². The standard InChI is InChI=1S/C25H32N2O2/c1-17(2)19-11-13-21(14-12-19)26-24(28)15-18(3)16-25(29)27-23-10-6-8-20-7-4-5-9-22(20)23/h4-5,7,9,11-14,17-18,23H,6,8,10,15-16H2,1-3H3,(H,26,28)(H,27,29)/t18-,23-/m1/s1. The van der Waals surface area contributed by atoms with Crippen LogP contribution in [0.2, 0.25) is 0 Å². The summed E-state index contributed by atoms with van der Waals surface area (Å²) in [6.07, 6.45) is 3.84. The smallest absolute Gasteiger partial charge is 0.224 e. The quantitative estimate of drug-likeness (QED) is 0.666. The summed E-state index contributed by atoms with van der Waals surface area (Å²) < 4.78 is 0. The van der Waals surface area contributed by atoms with Gasteiger partial charge in [0.15, 0.2) is 0 Å². The topological polar surface area (TPSA) is 58.2 Å². The average molecular weight is 393 g/mol. The van der Waals surface area contributed by atoms with Gasteiger partial charge in [0, 0.05) is 18.5 Å². The summed E-state index contributed by atoms with van der Waals surface area (Å²) in [7, 11) is 0. The minimum Gasteiger partial charge on any atom is -0.349 e. The highest BCUT2D eigenvalue weighted by Crippen LogP contribution is 2.29. The Balaban J connectivity index is 1.47. The third-order valence-corrected chi connectivity index (χ3v) is 5.63. The van der Waals surface area contributed by atoms with Crippen molar-refractivity contribution in [2.75, 3.05) is 5.32 Å². The molecule has 29 heavy (non-hydrogen) atoms. The predicted molar refractivity (Wildman–Crippen MR) is 118 cm³/mol. The molecule has 2 aromatic rings. The van der Waals surface area contributed by atoms with Gasteiger partial charge >= 0.3 is 0 Å².